The zero-order valence-corrected chi connectivity index (χ0v) is 13.3. The first-order valence-electron chi connectivity index (χ1n) is 6.55. The topological polar surface area (TPSA) is 71.8 Å². The fraction of sp³-hybridized carbons (Fsp3) is 0.333. The number of imidazole rings is 1. The maximum absolute atomic E-state index is 11.9. The van der Waals surface area contributed by atoms with Gasteiger partial charge in [-0.2, -0.15) is 0 Å². The van der Waals surface area contributed by atoms with Gasteiger partial charge in [-0.1, -0.05) is 30.3 Å². The van der Waals surface area contributed by atoms with E-state index in [9.17, 15) is 4.79 Å². The first-order chi connectivity index (χ1) is 9.25. The normalized spacial score (nSPS) is 11.1. The highest BCUT2D eigenvalue weighted by atomic mass is 35.5. The number of hydrogen-bond acceptors (Lipinski definition) is 3. The number of benzene rings is 1. The minimum absolute atomic E-state index is 0. The molecule has 1 aromatic heterocycles. The summed E-state index contributed by atoms with van der Waals surface area (Å²) in [6, 6.07) is 9.75. The fourth-order valence-electron chi connectivity index (χ4n) is 2.04. The van der Waals surface area contributed by atoms with Crippen molar-refractivity contribution in [3.05, 3.63) is 54.1 Å². The van der Waals surface area contributed by atoms with Crippen molar-refractivity contribution >= 4 is 30.6 Å². The number of rotatable bonds is 7. The maximum Gasteiger partial charge on any atom is 0.149 e. The molecule has 1 heterocycles. The van der Waals surface area contributed by atoms with Crippen molar-refractivity contribution in [3.63, 3.8) is 0 Å². The minimum atomic E-state index is -0.434. The molecule has 0 spiro atoms. The number of aromatic amines is 1. The van der Waals surface area contributed by atoms with Crippen LogP contribution in [-0.4, -0.2) is 21.8 Å². The molecule has 6 heteroatoms. The number of nitrogens with one attached hydrogen (secondary N) is 1. The second kappa shape index (κ2) is 10.4. The average Bonchev–Trinajstić information content (AvgIpc) is 2.92. The molecule has 0 saturated heterocycles. The third-order valence-corrected chi connectivity index (χ3v) is 3.14. The van der Waals surface area contributed by atoms with Crippen molar-refractivity contribution in [2.24, 2.45) is 5.73 Å². The van der Waals surface area contributed by atoms with Crippen LogP contribution in [0, 0.1) is 0 Å². The van der Waals surface area contributed by atoms with Crippen molar-refractivity contribution in [2.75, 3.05) is 0 Å². The van der Waals surface area contributed by atoms with E-state index in [2.05, 4.69) is 22.1 Å². The standard InChI is InChI=1S/C15H19N3O.2ClH/c16-14(9-13-10-17-11-18-13)15(19)8-4-7-12-5-2-1-3-6-12;;/h1-3,5-6,10-11,14H,4,7-9,16H2,(H,17,18);2*1H/t14-;;/m0../s1. The third kappa shape index (κ3) is 6.76. The number of nitrogens with two attached hydrogens (primary N) is 1. The third-order valence-electron chi connectivity index (χ3n) is 3.14. The Kier molecular flexibility index (Phi) is 9.71. The highest BCUT2D eigenvalue weighted by Crippen LogP contribution is 2.07. The Hall–Kier alpha value is -1.36. The summed E-state index contributed by atoms with van der Waals surface area (Å²) < 4.78 is 0. The van der Waals surface area contributed by atoms with E-state index < -0.39 is 6.04 Å². The smallest absolute Gasteiger partial charge is 0.149 e. The molecule has 0 aliphatic heterocycles. The Bertz CT molecular complexity index is 503. The summed E-state index contributed by atoms with van der Waals surface area (Å²) in [5.74, 6) is 0.116. The summed E-state index contributed by atoms with van der Waals surface area (Å²) in [5, 5.41) is 0. The summed E-state index contributed by atoms with van der Waals surface area (Å²) >= 11 is 0. The van der Waals surface area contributed by atoms with Crippen LogP contribution in [0.4, 0.5) is 0 Å². The van der Waals surface area contributed by atoms with Crippen molar-refractivity contribution in [1.29, 1.82) is 0 Å². The summed E-state index contributed by atoms with van der Waals surface area (Å²) in [4.78, 5) is 18.8. The molecule has 116 valence electrons. The number of carbonyl (C=O) groups is 1. The number of aryl methyl sites for hydroxylation is 1. The Labute approximate surface area is 137 Å². The number of H-pyrrole nitrogens is 1. The van der Waals surface area contributed by atoms with E-state index in [1.807, 2.05) is 18.2 Å². The second-order valence-corrected chi connectivity index (χ2v) is 4.69. The predicted molar refractivity (Wildman–Crippen MR) is 89.2 cm³/mol. The molecule has 0 saturated carbocycles. The van der Waals surface area contributed by atoms with Crippen LogP contribution in [0.25, 0.3) is 0 Å². The van der Waals surface area contributed by atoms with E-state index in [0.717, 1.165) is 18.5 Å². The molecule has 1 aromatic carbocycles. The van der Waals surface area contributed by atoms with Gasteiger partial charge in [-0.3, -0.25) is 4.79 Å². The number of Topliss-reactive ketones (excluding diaryl/α,β-unsaturated/α-hetero) is 1. The molecule has 2 aromatic rings. The molecule has 0 aliphatic rings. The van der Waals surface area contributed by atoms with E-state index in [-0.39, 0.29) is 30.6 Å². The molecular weight excluding hydrogens is 309 g/mol. The van der Waals surface area contributed by atoms with E-state index in [1.54, 1.807) is 12.5 Å². The Morgan fingerprint density at radius 2 is 1.95 bits per heavy atom. The van der Waals surface area contributed by atoms with Gasteiger partial charge < -0.3 is 10.7 Å². The van der Waals surface area contributed by atoms with Gasteiger partial charge >= 0.3 is 0 Å². The molecule has 0 fully saturated rings. The zero-order valence-electron chi connectivity index (χ0n) is 11.7. The lowest BCUT2D eigenvalue weighted by Crippen LogP contribution is -2.32. The second-order valence-electron chi connectivity index (χ2n) is 4.69. The molecule has 21 heavy (non-hydrogen) atoms. The van der Waals surface area contributed by atoms with Crippen LogP contribution in [0.1, 0.15) is 24.1 Å². The quantitative estimate of drug-likeness (QED) is 0.820. The lowest BCUT2D eigenvalue weighted by atomic mass is 10.0. The summed E-state index contributed by atoms with van der Waals surface area (Å²) in [7, 11) is 0. The maximum atomic E-state index is 11.9. The lowest BCUT2D eigenvalue weighted by Gasteiger charge is -2.09. The molecular formula is C15H21Cl2N3O. The van der Waals surface area contributed by atoms with Crippen molar-refractivity contribution in [2.45, 2.75) is 31.7 Å². The van der Waals surface area contributed by atoms with Crippen molar-refractivity contribution in [3.8, 4) is 0 Å². The first kappa shape index (κ1) is 19.6. The monoisotopic (exact) mass is 329 g/mol. The fourth-order valence-corrected chi connectivity index (χ4v) is 2.04. The van der Waals surface area contributed by atoms with Gasteiger partial charge in [0.15, 0.2) is 0 Å². The molecule has 4 nitrogen and oxygen atoms in total. The molecule has 3 N–H and O–H groups in total. The highest BCUT2D eigenvalue weighted by Gasteiger charge is 2.14. The van der Waals surface area contributed by atoms with Crippen LogP contribution in [-0.2, 0) is 17.6 Å². The molecule has 0 radical (unpaired) electrons. The van der Waals surface area contributed by atoms with E-state index in [1.165, 1.54) is 5.56 Å². The molecule has 2 rings (SSSR count). The minimum Gasteiger partial charge on any atom is -0.348 e. The Morgan fingerprint density at radius 3 is 2.57 bits per heavy atom. The van der Waals surface area contributed by atoms with E-state index in [0.29, 0.717) is 12.8 Å². The van der Waals surface area contributed by atoms with Crippen LogP contribution >= 0.6 is 24.8 Å². The van der Waals surface area contributed by atoms with Gasteiger partial charge in [-0.15, -0.1) is 24.8 Å². The van der Waals surface area contributed by atoms with Crippen LogP contribution in [0.2, 0.25) is 0 Å². The molecule has 1 atom stereocenters. The zero-order chi connectivity index (χ0) is 13.5. The summed E-state index contributed by atoms with van der Waals surface area (Å²) in [6.07, 6.45) is 6.14. The van der Waals surface area contributed by atoms with Gasteiger partial charge in [-0.25, -0.2) is 4.98 Å². The van der Waals surface area contributed by atoms with Gasteiger partial charge in [0, 0.05) is 24.7 Å². The summed E-state index contributed by atoms with van der Waals surface area (Å²) in [5.41, 5.74) is 8.06. The number of aromatic nitrogens is 2. The van der Waals surface area contributed by atoms with Gasteiger partial charge in [0.25, 0.3) is 0 Å². The van der Waals surface area contributed by atoms with E-state index >= 15 is 0 Å². The molecule has 0 bridgehead atoms. The number of hydrogen-bond donors (Lipinski definition) is 2. The van der Waals surface area contributed by atoms with Gasteiger partial charge in [0.2, 0.25) is 0 Å². The van der Waals surface area contributed by atoms with Gasteiger partial charge in [0.05, 0.1) is 12.4 Å². The number of carbonyl (C=O) groups excluding carboxylic acids is 1. The van der Waals surface area contributed by atoms with Gasteiger partial charge in [-0.05, 0) is 18.4 Å². The van der Waals surface area contributed by atoms with Gasteiger partial charge in [0.1, 0.15) is 5.78 Å². The Morgan fingerprint density at radius 1 is 1.24 bits per heavy atom. The predicted octanol–water partition coefficient (Wildman–Crippen LogP) is 2.72. The van der Waals surface area contributed by atoms with Crippen LogP contribution in [0.3, 0.4) is 0 Å². The Balaban J connectivity index is 0.00000200. The molecule has 0 amide bonds. The largest absolute Gasteiger partial charge is 0.348 e. The SMILES string of the molecule is Cl.Cl.N[C@@H](Cc1cnc[nH]1)C(=O)CCCc1ccccc1. The van der Waals surface area contributed by atoms with Crippen LogP contribution in [0.15, 0.2) is 42.9 Å². The van der Waals surface area contributed by atoms with Crippen LogP contribution < -0.4 is 5.73 Å². The number of ketones is 1. The lowest BCUT2D eigenvalue weighted by molar-refractivity contribution is -0.120. The van der Waals surface area contributed by atoms with E-state index in [4.69, 9.17) is 5.73 Å². The first-order valence-corrected chi connectivity index (χ1v) is 6.55. The average molecular weight is 330 g/mol. The number of nitrogens with zero attached hydrogens (tertiary/aromatic N) is 1. The van der Waals surface area contributed by atoms with Crippen LogP contribution in [0.5, 0.6) is 0 Å². The highest BCUT2D eigenvalue weighted by molar-refractivity contribution is 5.85. The molecule has 0 unspecified atom stereocenters. The molecule has 0 aliphatic carbocycles. The number of halogens is 2. The van der Waals surface area contributed by atoms with Crippen molar-refractivity contribution < 1.29 is 4.79 Å². The summed E-state index contributed by atoms with van der Waals surface area (Å²) in [6.45, 7) is 0. The van der Waals surface area contributed by atoms with Crippen molar-refractivity contribution in [1.82, 2.24) is 9.97 Å².